The van der Waals surface area contributed by atoms with Crippen LogP contribution in [0.4, 0.5) is 5.82 Å². The van der Waals surface area contributed by atoms with E-state index in [0.29, 0.717) is 5.82 Å². The van der Waals surface area contributed by atoms with Gasteiger partial charge in [0, 0.05) is 18.0 Å². The molecule has 15 heavy (non-hydrogen) atoms. The highest BCUT2D eigenvalue weighted by Crippen LogP contribution is 2.22. The van der Waals surface area contributed by atoms with E-state index in [2.05, 4.69) is 15.1 Å². The van der Waals surface area contributed by atoms with Crippen LogP contribution < -0.4 is 5.73 Å². The lowest BCUT2D eigenvalue weighted by Crippen LogP contribution is -1.99. The van der Waals surface area contributed by atoms with Crippen molar-refractivity contribution in [2.24, 2.45) is 0 Å². The van der Waals surface area contributed by atoms with Gasteiger partial charge in [0.2, 0.25) is 0 Å². The second-order valence-electron chi connectivity index (χ2n) is 3.26. The van der Waals surface area contributed by atoms with Gasteiger partial charge in [0.1, 0.15) is 11.8 Å². The smallest absolute Gasteiger partial charge is 0.151 e. The topological polar surface area (TPSA) is 72.0 Å². The summed E-state index contributed by atoms with van der Waals surface area (Å²) in [6.07, 6.45) is 5.25. The van der Waals surface area contributed by atoms with E-state index < -0.39 is 0 Å². The number of nitrogen functional groups attached to an aromatic ring is 1. The van der Waals surface area contributed by atoms with Crippen molar-refractivity contribution in [3.63, 3.8) is 0 Å². The first kappa shape index (κ1) is 8.05. The molecule has 5 nitrogen and oxygen atoms in total. The van der Waals surface area contributed by atoms with E-state index >= 15 is 0 Å². The number of anilines is 1. The second-order valence-corrected chi connectivity index (χ2v) is 3.26. The lowest BCUT2D eigenvalue weighted by atomic mass is 10.2. The lowest BCUT2D eigenvalue weighted by molar-refractivity contribution is 0.914. The molecule has 0 saturated heterocycles. The minimum absolute atomic E-state index is 0.492. The minimum atomic E-state index is 0.492. The summed E-state index contributed by atoms with van der Waals surface area (Å²) in [5, 5.41) is 4.17. The Balaban J connectivity index is 2.34. The highest BCUT2D eigenvalue weighted by atomic mass is 15.3. The Morgan fingerprint density at radius 3 is 3.00 bits per heavy atom. The van der Waals surface area contributed by atoms with E-state index in [0.717, 1.165) is 16.8 Å². The number of H-pyrrole nitrogens is 1. The fourth-order valence-corrected chi connectivity index (χ4v) is 1.65. The van der Waals surface area contributed by atoms with Crippen LogP contribution in [0.15, 0.2) is 36.9 Å². The van der Waals surface area contributed by atoms with Crippen LogP contribution in [0.1, 0.15) is 0 Å². The van der Waals surface area contributed by atoms with E-state index in [1.54, 1.807) is 4.52 Å². The molecule has 0 unspecified atom stereocenters. The maximum Gasteiger partial charge on any atom is 0.151 e. The fraction of sp³-hybridized carbons (Fsp3) is 0. The quantitative estimate of drug-likeness (QED) is 0.620. The van der Waals surface area contributed by atoms with Crippen LogP contribution in [0.5, 0.6) is 0 Å². The largest absolute Gasteiger partial charge is 0.382 e. The number of aromatic nitrogens is 4. The second kappa shape index (κ2) is 2.84. The number of nitrogens with two attached hydrogens (primary N) is 1. The van der Waals surface area contributed by atoms with Crippen molar-refractivity contribution in [3.8, 4) is 11.3 Å². The van der Waals surface area contributed by atoms with E-state index in [9.17, 15) is 0 Å². The standard InChI is InChI=1S/C10H9N5/c11-10-9-2-1-8(7-3-4-12-5-7)15(9)14-6-13-10/h1-6,12H,(H2,11,13,14). The average molecular weight is 199 g/mol. The molecule has 3 aromatic heterocycles. The predicted molar refractivity (Wildman–Crippen MR) is 57.2 cm³/mol. The maximum absolute atomic E-state index is 5.74. The van der Waals surface area contributed by atoms with Gasteiger partial charge in [-0.3, -0.25) is 0 Å². The van der Waals surface area contributed by atoms with Crippen LogP contribution in [0.2, 0.25) is 0 Å². The fourth-order valence-electron chi connectivity index (χ4n) is 1.65. The molecule has 0 radical (unpaired) electrons. The van der Waals surface area contributed by atoms with Crippen molar-refractivity contribution in [2.45, 2.75) is 0 Å². The van der Waals surface area contributed by atoms with Crippen molar-refractivity contribution in [3.05, 3.63) is 36.9 Å². The van der Waals surface area contributed by atoms with Crippen LogP contribution in [0.25, 0.3) is 16.8 Å². The van der Waals surface area contributed by atoms with E-state index in [4.69, 9.17) is 5.73 Å². The summed E-state index contributed by atoms with van der Waals surface area (Å²) >= 11 is 0. The van der Waals surface area contributed by atoms with E-state index in [-0.39, 0.29) is 0 Å². The summed E-state index contributed by atoms with van der Waals surface area (Å²) in [4.78, 5) is 6.95. The predicted octanol–water partition coefficient (Wildman–Crippen LogP) is 1.31. The molecule has 0 saturated carbocycles. The average Bonchev–Trinajstić information content (AvgIpc) is 2.85. The number of hydrogen-bond acceptors (Lipinski definition) is 3. The summed E-state index contributed by atoms with van der Waals surface area (Å²) < 4.78 is 1.78. The van der Waals surface area contributed by atoms with Gasteiger partial charge in [-0.2, -0.15) is 5.10 Å². The Bertz CT molecular complexity index is 593. The van der Waals surface area contributed by atoms with Crippen molar-refractivity contribution in [1.29, 1.82) is 0 Å². The van der Waals surface area contributed by atoms with Crippen LogP contribution in [0.3, 0.4) is 0 Å². The maximum atomic E-state index is 5.74. The van der Waals surface area contributed by atoms with Crippen molar-refractivity contribution in [1.82, 2.24) is 19.6 Å². The number of hydrogen-bond donors (Lipinski definition) is 2. The zero-order valence-corrected chi connectivity index (χ0v) is 7.88. The van der Waals surface area contributed by atoms with Crippen LogP contribution in [0, 0.1) is 0 Å². The molecule has 74 valence electrons. The van der Waals surface area contributed by atoms with Crippen molar-refractivity contribution in [2.75, 3.05) is 5.73 Å². The molecule has 0 aromatic carbocycles. The Morgan fingerprint density at radius 2 is 2.20 bits per heavy atom. The first-order valence-corrected chi connectivity index (χ1v) is 4.57. The third kappa shape index (κ3) is 1.10. The number of rotatable bonds is 1. The zero-order valence-electron chi connectivity index (χ0n) is 7.88. The molecule has 3 heterocycles. The van der Waals surface area contributed by atoms with Gasteiger partial charge in [0.15, 0.2) is 5.82 Å². The van der Waals surface area contributed by atoms with Gasteiger partial charge < -0.3 is 10.7 Å². The molecule has 0 aliphatic heterocycles. The van der Waals surface area contributed by atoms with Gasteiger partial charge in [-0.15, -0.1) is 0 Å². The van der Waals surface area contributed by atoms with Gasteiger partial charge in [-0.25, -0.2) is 9.50 Å². The molecule has 0 aliphatic carbocycles. The highest BCUT2D eigenvalue weighted by Gasteiger charge is 2.07. The zero-order chi connectivity index (χ0) is 10.3. The Kier molecular flexibility index (Phi) is 1.53. The lowest BCUT2D eigenvalue weighted by Gasteiger charge is -1.99. The van der Waals surface area contributed by atoms with E-state index in [1.807, 2.05) is 30.6 Å². The summed E-state index contributed by atoms with van der Waals surface area (Å²) in [7, 11) is 0. The Hall–Kier alpha value is -2.30. The molecule has 3 aromatic rings. The number of aromatic amines is 1. The van der Waals surface area contributed by atoms with Gasteiger partial charge in [0.05, 0.1) is 5.69 Å². The third-order valence-electron chi connectivity index (χ3n) is 2.38. The van der Waals surface area contributed by atoms with Gasteiger partial charge in [0.25, 0.3) is 0 Å². The third-order valence-corrected chi connectivity index (χ3v) is 2.38. The van der Waals surface area contributed by atoms with Crippen LogP contribution >= 0.6 is 0 Å². The highest BCUT2D eigenvalue weighted by molar-refractivity contribution is 5.72. The molecule has 0 atom stereocenters. The SMILES string of the molecule is Nc1ncnn2c(-c3cc[nH]c3)ccc12. The first-order valence-electron chi connectivity index (χ1n) is 4.57. The monoisotopic (exact) mass is 199 g/mol. The Morgan fingerprint density at radius 1 is 1.27 bits per heavy atom. The molecular formula is C10H9N5. The van der Waals surface area contributed by atoms with Gasteiger partial charge in [-0.1, -0.05) is 0 Å². The summed E-state index contributed by atoms with van der Waals surface area (Å²) in [5.74, 6) is 0.492. The van der Waals surface area contributed by atoms with Crippen LogP contribution in [-0.4, -0.2) is 19.6 Å². The molecule has 3 rings (SSSR count). The van der Waals surface area contributed by atoms with Crippen molar-refractivity contribution >= 4 is 11.3 Å². The molecular weight excluding hydrogens is 190 g/mol. The summed E-state index contributed by atoms with van der Waals surface area (Å²) in [5.41, 5.74) is 8.65. The minimum Gasteiger partial charge on any atom is -0.382 e. The Labute approximate surface area is 85.6 Å². The molecule has 0 bridgehead atoms. The molecule has 0 aliphatic rings. The molecule has 3 N–H and O–H groups in total. The van der Waals surface area contributed by atoms with E-state index in [1.165, 1.54) is 6.33 Å². The van der Waals surface area contributed by atoms with Crippen LogP contribution in [-0.2, 0) is 0 Å². The number of nitrogens with zero attached hydrogens (tertiary/aromatic N) is 3. The molecule has 0 fully saturated rings. The molecule has 5 heteroatoms. The van der Waals surface area contributed by atoms with Gasteiger partial charge >= 0.3 is 0 Å². The number of fused-ring (bicyclic) bond motifs is 1. The summed E-state index contributed by atoms with van der Waals surface area (Å²) in [6, 6.07) is 5.88. The molecule has 0 spiro atoms. The molecule has 0 amide bonds. The van der Waals surface area contributed by atoms with Crippen molar-refractivity contribution < 1.29 is 0 Å². The normalized spacial score (nSPS) is 10.9. The summed E-state index contributed by atoms with van der Waals surface area (Å²) in [6.45, 7) is 0. The first-order chi connectivity index (χ1) is 7.36. The number of nitrogens with one attached hydrogen (secondary N) is 1. The van der Waals surface area contributed by atoms with Gasteiger partial charge in [-0.05, 0) is 18.2 Å².